The number of nitrogens with zero attached hydrogens (tertiary/aromatic N) is 2. The van der Waals surface area contributed by atoms with Gasteiger partial charge < -0.3 is 15.1 Å². The maximum Gasteiger partial charge on any atom is 0.250 e. The molecule has 2 fully saturated rings. The smallest absolute Gasteiger partial charge is 0.250 e. The predicted octanol–water partition coefficient (Wildman–Crippen LogP) is 3.20. The predicted molar refractivity (Wildman–Crippen MR) is 122 cm³/mol. The number of carbonyl (C=O) groups excluding carboxylic acids is 2. The van der Waals surface area contributed by atoms with Crippen LogP contribution in [0.5, 0.6) is 0 Å². The van der Waals surface area contributed by atoms with E-state index in [9.17, 15) is 9.59 Å². The highest BCUT2D eigenvalue weighted by Crippen LogP contribution is 2.55. The molecule has 1 spiro atoms. The molecule has 2 aromatic rings. The zero-order chi connectivity index (χ0) is 22.8. The number of fused-ring (bicyclic) bond motifs is 3. The van der Waals surface area contributed by atoms with Gasteiger partial charge in [-0.1, -0.05) is 41.4 Å². The maximum absolute atomic E-state index is 15.4. The molecule has 0 saturated carbocycles. The molecular weight excluding hydrogens is 454 g/mol. The minimum absolute atomic E-state index is 0.0139. The molecule has 2 aromatic carbocycles. The molecule has 0 aromatic heterocycles. The Labute approximate surface area is 195 Å². The van der Waals surface area contributed by atoms with Crippen LogP contribution in [-0.4, -0.2) is 60.9 Å². The highest BCUT2D eigenvalue weighted by molar-refractivity contribution is 6.31. The van der Waals surface area contributed by atoms with E-state index in [1.54, 1.807) is 35.2 Å². The molecule has 0 bridgehead atoms. The van der Waals surface area contributed by atoms with Gasteiger partial charge in [0.25, 0.3) is 0 Å². The van der Waals surface area contributed by atoms with Crippen molar-refractivity contribution in [1.82, 2.24) is 15.1 Å². The van der Waals surface area contributed by atoms with E-state index in [1.807, 2.05) is 19.0 Å². The topological polar surface area (TPSA) is 64.7 Å². The minimum Gasteiger partial charge on any atom is -0.336 e. The van der Waals surface area contributed by atoms with Gasteiger partial charge in [-0.2, -0.15) is 0 Å². The maximum atomic E-state index is 15.4. The summed E-state index contributed by atoms with van der Waals surface area (Å²) in [5.41, 5.74) is 0.372. The SMILES string of the molecule is CN(C)CC(=O)N1CC[C@@H]2N[C@@]3(C(=O)Nc4cc(Cl)ccc43)[C@@H](c3cccc(Cl)c3F)C21. The Morgan fingerprint density at radius 1 is 1.28 bits per heavy atom. The second kappa shape index (κ2) is 7.70. The van der Waals surface area contributed by atoms with Crippen molar-refractivity contribution < 1.29 is 14.0 Å². The Morgan fingerprint density at radius 2 is 2.06 bits per heavy atom. The Balaban J connectivity index is 1.70. The Morgan fingerprint density at radius 3 is 2.81 bits per heavy atom. The van der Waals surface area contributed by atoms with Gasteiger partial charge in [0.15, 0.2) is 0 Å². The van der Waals surface area contributed by atoms with Crippen LogP contribution in [0.4, 0.5) is 10.1 Å². The highest BCUT2D eigenvalue weighted by Gasteiger charge is 2.65. The summed E-state index contributed by atoms with van der Waals surface area (Å²) < 4.78 is 15.4. The van der Waals surface area contributed by atoms with Gasteiger partial charge in [0.2, 0.25) is 11.8 Å². The van der Waals surface area contributed by atoms with Crippen LogP contribution in [0, 0.1) is 5.82 Å². The molecule has 3 heterocycles. The highest BCUT2D eigenvalue weighted by atomic mass is 35.5. The van der Waals surface area contributed by atoms with Gasteiger partial charge in [0.05, 0.1) is 17.6 Å². The van der Waals surface area contributed by atoms with Gasteiger partial charge in [0.1, 0.15) is 11.4 Å². The summed E-state index contributed by atoms with van der Waals surface area (Å²) in [4.78, 5) is 30.3. The van der Waals surface area contributed by atoms with Crippen LogP contribution < -0.4 is 10.6 Å². The summed E-state index contributed by atoms with van der Waals surface area (Å²) in [7, 11) is 3.66. The molecule has 2 N–H and O–H groups in total. The van der Waals surface area contributed by atoms with E-state index in [4.69, 9.17) is 23.2 Å². The molecular formula is C23H23Cl2FN4O2. The van der Waals surface area contributed by atoms with E-state index in [1.165, 1.54) is 6.07 Å². The van der Waals surface area contributed by atoms with Crippen molar-refractivity contribution in [2.75, 3.05) is 32.5 Å². The van der Waals surface area contributed by atoms with Crippen molar-refractivity contribution in [3.05, 3.63) is 63.4 Å². The molecule has 1 unspecified atom stereocenters. The summed E-state index contributed by atoms with van der Waals surface area (Å²) >= 11 is 12.3. The number of hydrogen-bond donors (Lipinski definition) is 2. The summed E-state index contributed by atoms with van der Waals surface area (Å²) in [6.45, 7) is 0.776. The molecule has 168 valence electrons. The zero-order valence-electron chi connectivity index (χ0n) is 17.7. The van der Waals surface area contributed by atoms with Crippen molar-refractivity contribution >= 4 is 40.7 Å². The largest absolute Gasteiger partial charge is 0.336 e. The third-order valence-electron chi connectivity index (χ3n) is 6.78. The number of benzene rings is 2. The number of likely N-dealkylation sites (N-methyl/N-ethyl adjacent to an activating group) is 1. The van der Waals surface area contributed by atoms with Gasteiger partial charge in [-0.05, 0) is 44.3 Å². The first-order valence-electron chi connectivity index (χ1n) is 10.5. The first-order valence-corrected chi connectivity index (χ1v) is 11.3. The van der Waals surface area contributed by atoms with Crippen molar-refractivity contribution in [3.8, 4) is 0 Å². The van der Waals surface area contributed by atoms with Gasteiger partial charge >= 0.3 is 0 Å². The molecule has 2 amide bonds. The number of carbonyl (C=O) groups is 2. The van der Waals surface area contributed by atoms with Crippen molar-refractivity contribution in [2.45, 2.75) is 30.0 Å². The summed E-state index contributed by atoms with van der Waals surface area (Å²) in [5.74, 6) is -1.57. The number of halogens is 3. The van der Waals surface area contributed by atoms with Gasteiger partial charge in [0, 0.05) is 34.8 Å². The van der Waals surface area contributed by atoms with E-state index in [0.717, 1.165) is 0 Å². The summed E-state index contributed by atoms with van der Waals surface area (Å²) in [5, 5.41) is 6.91. The van der Waals surface area contributed by atoms with Crippen LogP contribution in [0.15, 0.2) is 36.4 Å². The molecule has 4 atom stereocenters. The van der Waals surface area contributed by atoms with E-state index < -0.39 is 23.3 Å². The third kappa shape index (κ3) is 3.06. The first-order chi connectivity index (χ1) is 15.2. The summed E-state index contributed by atoms with van der Waals surface area (Å²) in [6.07, 6.45) is 0.667. The number of anilines is 1. The number of hydrogen-bond acceptors (Lipinski definition) is 4. The van der Waals surface area contributed by atoms with E-state index in [-0.39, 0.29) is 29.4 Å². The third-order valence-corrected chi connectivity index (χ3v) is 7.30. The van der Waals surface area contributed by atoms with E-state index in [0.29, 0.717) is 34.8 Å². The standard InChI is InChI=1S/C23H23Cl2FN4O2/c1-29(2)11-18(31)30-9-8-16-21(30)19(13-4-3-5-15(25)20(13)26)23(28-16)14-7-6-12(24)10-17(14)27-22(23)32/h3-7,10,16,19,21,28H,8-9,11H2,1-2H3,(H,27,32)/t16-,19-,21?,23+/m0/s1. The average Bonchev–Trinajstić information content (AvgIpc) is 3.35. The van der Waals surface area contributed by atoms with Gasteiger partial charge in [-0.3, -0.25) is 14.9 Å². The second-order valence-electron chi connectivity index (χ2n) is 8.93. The molecule has 9 heteroatoms. The summed E-state index contributed by atoms with van der Waals surface area (Å²) in [6, 6.07) is 9.46. The van der Waals surface area contributed by atoms with Crippen LogP contribution in [0.1, 0.15) is 23.5 Å². The Bertz CT molecular complexity index is 1130. The molecule has 32 heavy (non-hydrogen) atoms. The molecule has 2 saturated heterocycles. The first kappa shape index (κ1) is 21.6. The van der Waals surface area contributed by atoms with Gasteiger partial charge in [-0.25, -0.2) is 4.39 Å². The monoisotopic (exact) mass is 476 g/mol. The normalized spacial score (nSPS) is 28.4. The Hall–Kier alpha value is -2.19. The second-order valence-corrected chi connectivity index (χ2v) is 9.77. The fourth-order valence-corrected chi connectivity index (χ4v) is 5.97. The van der Waals surface area contributed by atoms with Crippen LogP contribution in [0.3, 0.4) is 0 Å². The van der Waals surface area contributed by atoms with Crippen LogP contribution >= 0.6 is 23.2 Å². The van der Waals surface area contributed by atoms with Crippen LogP contribution in [-0.2, 0) is 15.1 Å². The molecule has 5 rings (SSSR count). The number of likely N-dealkylation sites (tertiary alicyclic amines) is 1. The molecule has 0 radical (unpaired) electrons. The minimum atomic E-state index is -1.24. The van der Waals surface area contributed by atoms with Crippen LogP contribution in [0.25, 0.3) is 0 Å². The zero-order valence-corrected chi connectivity index (χ0v) is 19.2. The number of nitrogens with one attached hydrogen (secondary N) is 2. The van der Waals surface area contributed by atoms with E-state index >= 15 is 4.39 Å². The van der Waals surface area contributed by atoms with Crippen molar-refractivity contribution in [3.63, 3.8) is 0 Å². The van der Waals surface area contributed by atoms with Crippen molar-refractivity contribution in [1.29, 1.82) is 0 Å². The molecule has 0 aliphatic carbocycles. The lowest BCUT2D eigenvalue weighted by Crippen LogP contribution is -2.51. The number of amides is 2. The fourth-order valence-electron chi connectivity index (χ4n) is 5.61. The Kier molecular flexibility index (Phi) is 5.21. The average molecular weight is 477 g/mol. The lowest BCUT2D eigenvalue weighted by atomic mass is 9.74. The molecule has 6 nitrogen and oxygen atoms in total. The molecule has 3 aliphatic rings. The van der Waals surface area contributed by atoms with Crippen molar-refractivity contribution in [2.24, 2.45) is 0 Å². The quantitative estimate of drug-likeness (QED) is 0.713. The van der Waals surface area contributed by atoms with Crippen LogP contribution in [0.2, 0.25) is 10.0 Å². The lowest BCUT2D eigenvalue weighted by molar-refractivity contribution is -0.133. The lowest BCUT2D eigenvalue weighted by Gasteiger charge is -2.36. The van der Waals surface area contributed by atoms with Gasteiger partial charge in [-0.15, -0.1) is 0 Å². The van der Waals surface area contributed by atoms with E-state index in [2.05, 4.69) is 10.6 Å². The number of rotatable bonds is 3. The fraction of sp³-hybridized carbons (Fsp3) is 0.391. The molecule has 3 aliphatic heterocycles.